The van der Waals surface area contributed by atoms with E-state index in [0.717, 1.165) is 0 Å². The van der Waals surface area contributed by atoms with Crippen LogP contribution in [-0.4, -0.2) is 0 Å². The second-order valence-electron chi connectivity index (χ2n) is 15.9. The van der Waals surface area contributed by atoms with Gasteiger partial charge in [-0.2, -0.15) is 0 Å². The van der Waals surface area contributed by atoms with Crippen LogP contribution in [-0.2, 0) is 0 Å². The monoisotopic (exact) mass is 794 g/mol. The lowest BCUT2D eigenvalue weighted by Gasteiger charge is -2.19. The topological polar surface area (TPSA) is 0 Å². The van der Waals surface area contributed by atoms with E-state index >= 15 is 0 Å². The van der Waals surface area contributed by atoms with Gasteiger partial charge in [-0.15, -0.1) is 22.7 Å². The molecule has 0 aliphatic heterocycles. The van der Waals surface area contributed by atoms with E-state index in [1.807, 2.05) is 22.7 Å². The molecule has 0 aliphatic rings. The first-order valence-corrected chi connectivity index (χ1v) is 22.2. The van der Waals surface area contributed by atoms with E-state index in [4.69, 9.17) is 0 Å². The van der Waals surface area contributed by atoms with Crippen molar-refractivity contribution in [1.82, 2.24) is 0 Å². The molecular weight excluding hydrogens is 761 g/mol. The Balaban J connectivity index is 1.17. The van der Waals surface area contributed by atoms with Gasteiger partial charge < -0.3 is 0 Å². The SMILES string of the molecule is c1ccc(-c2ccc(-c3c4cccc(-c5cc6ccccc6c6c5sc5ccccc56)c4cc4c(-c5cc6ccccc6c6c5sc5ccccc56)cccc34)cc2)cc1. The zero-order chi connectivity index (χ0) is 39.3. The van der Waals surface area contributed by atoms with Crippen molar-refractivity contribution in [2.75, 3.05) is 0 Å². The Morgan fingerprint density at radius 1 is 0.250 bits per heavy atom. The fraction of sp³-hybridized carbons (Fsp3) is 0. The van der Waals surface area contributed by atoms with E-state index in [1.165, 1.54) is 128 Å². The van der Waals surface area contributed by atoms with Gasteiger partial charge in [0.05, 0.1) is 0 Å². The van der Waals surface area contributed by atoms with Gasteiger partial charge in [-0.25, -0.2) is 0 Å². The van der Waals surface area contributed by atoms with E-state index in [2.05, 4.69) is 206 Å². The van der Waals surface area contributed by atoms with Crippen LogP contribution in [0.4, 0.5) is 0 Å². The molecule has 11 aromatic carbocycles. The number of thiophene rings is 2. The Bertz CT molecular complexity index is 3650. The summed E-state index contributed by atoms with van der Waals surface area (Å²) >= 11 is 3.83. The summed E-state index contributed by atoms with van der Waals surface area (Å²) in [6.45, 7) is 0. The predicted octanol–water partition coefficient (Wildman–Crippen LogP) is 17.7. The first-order chi connectivity index (χ1) is 29.8. The van der Waals surface area contributed by atoms with E-state index in [-0.39, 0.29) is 0 Å². The van der Waals surface area contributed by atoms with Crippen LogP contribution in [0.3, 0.4) is 0 Å². The second kappa shape index (κ2) is 13.2. The lowest BCUT2D eigenvalue weighted by Crippen LogP contribution is -1.91. The van der Waals surface area contributed by atoms with Crippen LogP contribution in [0.2, 0.25) is 0 Å². The Kier molecular flexibility index (Phi) is 7.45. The molecule has 2 heteroatoms. The van der Waals surface area contributed by atoms with E-state index in [1.54, 1.807) is 0 Å². The summed E-state index contributed by atoms with van der Waals surface area (Å²) in [6, 6.07) is 76.9. The fourth-order valence-electron chi connectivity index (χ4n) is 9.96. The predicted molar refractivity (Wildman–Crippen MR) is 264 cm³/mol. The molecule has 0 N–H and O–H groups in total. The normalized spacial score (nSPS) is 12.0. The van der Waals surface area contributed by atoms with Crippen LogP contribution in [0.25, 0.3) is 128 Å². The molecule has 0 radical (unpaired) electrons. The third-order valence-corrected chi connectivity index (χ3v) is 15.0. The van der Waals surface area contributed by atoms with Crippen LogP contribution in [0.15, 0.2) is 206 Å². The molecule has 0 nitrogen and oxygen atoms in total. The van der Waals surface area contributed by atoms with Crippen molar-refractivity contribution in [1.29, 1.82) is 0 Å². The van der Waals surface area contributed by atoms with Crippen LogP contribution in [0.5, 0.6) is 0 Å². The summed E-state index contributed by atoms with van der Waals surface area (Å²) in [7, 11) is 0. The highest BCUT2D eigenvalue weighted by Gasteiger charge is 2.21. The number of rotatable bonds is 4. The van der Waals surface area contributed by atoms with Crippen molar-refractivity contribution < 1.29 is 0 Å². The number of fused-ring (bicyclic) bond motifs is 12. The molecule has 0 amide bonds. The number of hydrogen-bond donors (Lipinski definition) is 0. The van der Waals surface area contributed by atoms with E-state index in [0.29, 0.717) is 0 Å². The molecule has 278 valence electrons. The molecule has 0 fully saturated rings. The van der Waals surface area contributed by atoms with Gasteiger partial charge in [0.1, 0.15) is 0 Å². The third-order valence-electron chi connectivity index (χ3n) is 12.6. The molecule has 13 aromatic rings. The highest BCUT2D eigenvalue weighted by Crippen LogP contribution is 2.50. The highest BCUT2D eigenvalue weighted by molar-refractivity contribution is 7.27. The molecule has 0 spiro atoms. The van der Waals surface area contributed by atoms with Crippen LogP contribution < -0.4 is 0 Å². The molecule has 60 heavy (non-hydrogen) atoms. The lowest BCUT2D eigenvalue weighted by molar-refractivity contribution is 1.61. The van der Waals surface area contributed by atoms with Crippen LogP contribution in [0.1, 0.15) is 0 Å². The highest BCUT2D eigenvalue weighted by atomic mass is 32.1. The number of hydrogen-bond acceptors (Lipinski definition) is 2. The maximum absolute atomic E-state index is 2.51. The first kappa shape index (κ1) is 33.8. The average molecular weight is 795 g/mol. The minimum absolute atomic E-state index is 1.22. The Labute approximate surface area is 354 Å². The fourth-order valence-corrected chi connectivity index (χ4v) is 12.5. The van der Waals surface area contributed by atoms with E-state index in [9.17, 15) is 0 Å². The van der Waals surface area contributed by atoms with Gasteiger partial charge in [-0.3, -0.25) is 0 Å². The quantitative estimate of drug-likeness (QED) is 0.156. The van der Waals surface area contributed by atoms with Gasteiger partial charge in [-0.1, -0.05) is 176 Å². The van der Waals surface area contributed by atoms with Gasteiger partial charge in [-0.05, 0) is 107 Å². The smallest absolute Gasteiger partial charge is 0.0440 e. The largest absolute Gasteiger partial charge is 0.135 e. The molecule has 0 aliphatic carbocycles. The standard InChI is InChI=1S/C58H34S2/c1-2-14-35(15-3-1)36-28-30-37(31-29-36)54-44-24-12-22-42(50-32-38-16-4-6-18-40(38)55-46-20-8-10-26-52(46)59-57(50)55)48(44)34-49-43(23-13-25-45(49)54)51-33-39-17-5-7-19-41(39)56-47-21-9-11-27-53(47)60-58(51)56/h1-34H. The summed E-state index contributed by atoms with van der Waals surface area (Å²) in [6.07, 6.45) is 0. The molecule has 13 rings (SSSR count). The van der Waals surface area contributed by atoms with Gasteiger partial charge in [0, 0.05) is 51.5 Å². The molecule has 0 unspecified atom stereocenters. The Morgan fingerprint density at radius 3 is 1.20 bits per heavy atom. The molecule has 0 atom stereocenters. The van der Waals surface area contributed by atoms with Crippen molar-refractivity contribution in [2.45, 2.75) is 0 Å². The Hall–Kier alpha value is -7.10. The lowest BCUT2D eigenvalue weighted by atomic mass is 9.85. The molecule has 0 saturated heterocycles. The zero-order valence-corrected chi connectivity index (χ0v) is 34.1. The van der Waals surface area contributed by atoms with E-state index < -0.39 is 0 Å². The maximum atomic E-state index is 2.51. The minimum Gasteiger partial charge on any atom is -0.135 e. The molecule has 2 aromatic heterocycles. The molecular formula is C58H34S2. The zero-order valence-electron chi connectivity index (χ0n) is 32.4. The van der Waals surface area contributed by atoms with Crippen molar-refractivity contribution >= 4 is 106 Å². The summed E-state index contributed by atoms with van der Waals surface area (Å²) in [5, 5.41) is 15.6. The number of benzene rings is 11. The summed E-state index contributed by atoms with van der Waals surface area (Å²) in [4.78, 5) is 0. The summed E-state index contributed by atoms with van der Waals surface area (Å²) in [5.74, 6) is 0. The maximum Gasteiger partial charge on any atom is 0.0440 e. The Morgan fingerprint density at radius 2 is 0.667 bits per heavy atom. The van der Waals surface area contributed by atoms with Crippen molar-refractivity contribution in [2.24, 2.45) is 0 Å². The molecule has 2 heterocycles. The van der Waals surface area contributed by atoms with Crippen LogP contribution >= 0.6 is 22.7 Å². The van der Waals surface area contributed by atoms with Gasteiger partial charge >= 0.3 is 0 Å². The van der Waals surface area contributed by atoms with Gasteiger partial charge in [0.2, 0.25) is 0 Å². The van der Waals surface area contributed by atoms with Gasteiger partial charge in [0.15, 0.2) is 0 Å². The van der Waals surface area contributed by atoms with Crippen molar-refractivity contribution in [3.63, 3.8) is 0 Å². The van der Waals surface area contributed by atoms with Crippen LogP contribution in [0, 0.1) is 0 Å². The summed E-state index contributed by atoms with van der Waals surface area (Å²) in [5.41, 5.74) is 10.0. The average Bonchev–Trinajstić information content (AvgIpc) is 3.91. The third kappa shape index (κ3) is 5.02. The van der Waals surface area contributed by atoms with Gasteiger partial charge in [0.25, 0.3) is 0 Å². The van der Waals surface area contributed by atoms with Crippen molar-refractivity contribution in [3.05, 3.63) is 206 Å². The molecule has 0 bridgehead atoms. The van der Waals surface area contributed by atoms with Crippen molar-refractivity contribution in [3.8, 4) is 44.5 Å². The minimum atomic E-state index is 1.22. The second-order valence-corrected chi connectivity index (χ2v) is 18.0. The molecule has 0 saturated carbocycles. The summed E-state index contributed by atoms with van der Waals surface area (Å²) < 4.78 is 5.32. The first-order valence-electron chi connectivity index (χ1n) is 20.6.